The van der Waals surface area contributed by atoms with Gasteiger partial charge in [-0.3, -0.25) is 9.36 Å². The number of hydrogen-bond donors (Lipinski definition) is 1. The highest BCUT2D eigenvalue weighted by molar-refractivity contribution is 7.59. The zero-order chi connectivity index (χ0) is 22.6. The first-order valence-electron chi connectivity index (χ1n) is 10.1. The number of halogens is 1. The Hall–Kier alpha value is -3.91. The summed E-state index contributed by atoms with van der Waals surface area (Å²) in [6, 6.07) is 12.0. The van der Waals surface area contributed by atoms with Crippen LogP contribution >= 0.6 is 13.5 Å². The predicted molar refractivity (Wildman–Crippen MR) is 126 cm³/mol. The van der Waals surface area contributed by atoms with Gasteiger partial charge in [0.25, 0.3) is 5.56 Å². The van der Waals surface area contributed by atoms with E-state index in [1.165, 1.54) is 21.3 Å². The fourth-order valence-corrected chi connectivity index (χ4v) is 4.29. The summed E-state index contributed by atoms with van der Waals surface area (Å²) in [6.07, 6.45) is 1.42. The van der Waals surface area contributed by atoms with Crippen molar-refractivity contribution < 1.29 is 4.39 Å². The van der Waals surface area contributed by atoms with Gasteiger partial charge in [0.05, 0.1) is 17.4 Å². The third-order valence-electron chi connectivity index (χ3n) is 5.77. The van der Waals surface area contributed by atoms with Gasteiger partial charge in [-0.1, -0.05) is 25.1 Å². The summed E-state index contributed by atoms with van der Waals surface area (Å²) >= 11 is 0. The Bertz CT molecular complexity index is 1460. The number of rotatable bonds is 3. The first kappa shape index (κ1) is 22.3. The summed E-state index contributed by atoms with van der Waals surface area (Å²) in [5, 5.41) is 14.3. The molecule has 5 rings (SSSR count). The van der Waals surface area contributed by atoms with Crippen LogP contribution < -0.4 is 16.2 Å². The van der Waals surface area contributed by atoms with Crippen molar-refractivity contribution >= 4 is 30.8 Å². The third kappa shape index (κ3) is 3.39. The molecule has 0 radical (unpaired) electrons. The second-order valence-electron chi connectivity index (χ2n) is 7.84. The maximum Gasteiger partial charge on any atom is 0.285 e. The van der Waals surface area contributed by atoms with Gasteiger partial charge < -0.3 is 10.6 Å². The molecule has 168 valence electrons. The molecular formula is C22H21FN8OS. The highest BCUT2D eigenvalue weighted by Gasteiger charge is 2.43. The molecule has 2 unspecified atom stereocenters. The van der Waals surface area contributed by atoms with Gasteiger partial charge in [-0.25, -0.2) is 13.9 Å². The molecule has 1 aliphatic rings. The fraction of sp³-hybridized carbons (Fsp3) is 0.227. The van der Waals surface area contributed by atoms with E-state index in [1.807, 2.05) is 17.9 Å². The molecule has 4 heterocycles. The van der Waals surface area contributed by atoms with E-state index in [0.29, 0.717) is 35.1 Å². The van der Waals surface area contributed by atoms with Gasteiger partial charge in [0.15, 0.2) is 23.0 Å². The van der Waals surface area contributed by atoms with E-state index < -0.39 is 17.4 Å². The minimum Gasteiger partial charge on any atom is -0.368 e. The molecule has 1 fully saturated rings. The standard InChI is InChI=1S/C22H19FN8O.H2S/c1-12-11-29(19-15(10-24)13(2)26-22(25)27-19)17(12)20-28-30-9-8-16(23)18(30)21(32)31(20)14-6-4-3-5-7-14;/h3-9,12,17H,11H2,1-2H3,(H2,25,26,27);1H2. The van der Waals surface area contributed by atoms with E-state index in [0.717, 1.165) is 0 Å². The number of nitrogens with two attached hydrogens (primary N) is 1. The molecule has 2 atom stereocenters. The Morgan fingerprint density at radius 2 is 1.94 bits per heavy atom. The highest BCUT2D eigenvalue weighted by Crippen LogP contribution is 2.42. The second-order valence-corrected chi connectivity index (χ2v) is 7.84. The van der Waals surface area contributed by atoms with Crippen LogP contribution in [0.15, 0.2) is 47.4 Å². The van der Waals surface area contributed by atoms with Crippen LogP contribution in [0.4, 0.5) is 16.2 Å². The zero-order valence-corrected chi connectivity index (χ0v) is 18.9. The van der Waals surface area contributed by atoms with Crippen molar-refractivity contribution in [1.29, 1.82) is 5.26 Å². The zero-order valence-electron chi connectivity index (χ0n) is 17.9. The molecule has 0 aliphatic carbocycles. The van der Waals surface area contributed by atoms with Gasteiger partial charge in [0.2, 0.25) is 5.95 Å². The lowest BCUT2D eigenvalue weighted by Crippen LogP contribution is -2.52. The number of aryl methyl sites for hydroxylation is 1. The summed E-state index contributed by atoms with van der Waals surface area (Å²) in [7, 11) is 0. The second kappa shape index (κ2) is 8.22. The van der Waals surface area contributed by atoms with Crippen LogP contribution in [0.1, 0.15) is 30.0 Å². The minimum atomic E-state index is -0.636. The largest absolute Gasteiger partial charge is 0.368 e. The van der Waals surface area contributed by atoms with Gasteiger partial charge >= 0.3 is 0 Å². The van der Waals surface area contributed by atoms with E-state index in [1.54, 1.807) is 31.2 Å². The van der Waals surface area contributed by atoms with Crippen molar-refractivity contribution in [3.63, 3.8) is 0 Å². The average molecular weight is 465 g/mol. The lowest BCUT2D eigenvalue weighted by molar-refractivity contribution is 0.300. The van der Waals surface area contributed by atoms with Gasteiger partial charge in [0, 0.05) is 18.7 Å². The van der Waals surface area contributed by atoms with E-state index in [4.69, 9.17) is 5.73 Å². The van der Waals surface area contributed by atoms with Crippen LogP contribution in [-0.2, 0) is 0 Å². The molecule has 0 saturated carbocycles. The van der Waals surface area contributed by atoms with Crippen molar-refractivity contribution in [2.24, 2.45) is 5.92 Å². The molecule has 33 heavy (non-hydrogen) atoms. The SMILES string of the molecule is Cc1nc(N)nc(N2CC(C)C2c2nn3ccc(F)c3c(=O)n2-c2ccccc2)c1C#N.S. The topological polar surface area (TPSA) is 118 Å². The molecule has 0 bridgehead atoms. The van der Waals surface area contributed by atoms with Crippen LogP contribution in [0.2, 0.25) is 0 Å². The summed E-state index contributed by atoms with van der Waals surface area (Å²) in [4.78, 5) is 23.7. The Morgan fingerprint density at radius 1 is 1.21 bits per heavy atom. The average Bonchev–Trinajstić information content (AvgIpc) is 3.13. The van der Waals surface area contributed by atoms with Crippen molar-refractivity contribution in [1.82, 2.24) is 24.1 Å². The molecule has 1 saturated heterocycles. The molecule has 2 N–H and O–H groups in total. The molecule has 1 aromatic carbocycles. The number of anilines is 2. The maximum absolute atomic E-state index is 14.4. The lowest BCUT2D eigenvalue weighted by atomic mass is 9.88. The molecule has 0 amide bonds. The Balaban J connectivity index is 0.00000259. The molecule has 1 aliphatic heterocycles. The van der Waals surface area contributed by atoms with E-state index in [9.17, 15) is 14.4 Å². The minimum absolute atomic E-state index is 0. The van der Waals surface area contributed by atoms with Crippen molar-refractivity contribution in [2.45, 2.75) is 19.9 Å². The van der Waals surface area contributed by atoms with Crippen LogP contribution in [-0.4, -0.2) is 30.7 Å². The van der Waals surface area contributed by atoms with Gasteiger partial charge in [-0.05, 0) is 25.1 Å². The Morgan fingerprint density at radius 3 is 2.61 bits per heavy atom. The fourth-order valence-electron chi connectivity index (χ4n) is 4.29. The molecular weight excluding hydrogens is 443 g/mol. The predicted octanol–water partition coefficient (Wildman–Crippen LogP) is 2.49. The number of nitrogens with zero attached hydrogens (tertiary/aromatic N) is 7. The number of benzene rings is 1. The van der Waals surface area contributed by atoms with E-state index in [-0.39, 0.29) is 30.9 Å². The number of fused-ring (bicyclic) bond motifs is 1. The molecule has 4 aromatic rings. The summed E-state index contributed by atoms with van der Waals surface area (Å²) in [5.74, 6) is 0.321. The highest BCUT2D eigenvalue weighted by atomic mass is 32.1. The molecule has 0 spiro atoms. The first-order valence-corrected chi connectivity index (χ1v) is 10.1. The summed E-state index contributed by atoms with van der Waals surface area (Å²) < 4.78 is 17.1. The first-order chi connectivity index (χ1) is 15.4. The number of para-hydroxylation sites is 1. The number of aromatic nitrogens is 5. The number of nitriles is 1. The van der Waals surface area contributed by atoms with Crippen LogP contribution in [0.3, 0.4) is 0 Å². The Labute approximate surface area is 195 Å². The van der Waals surface area contributed by atoms with E-state index in [2.05, 4.69) is 21.1 Å². The molecule has 9 nitrogen and oxygen atoms in total. The van der Waals surface area contributed by atoms with Crippen molar-refractivity contribution in [3.05, 3.63) is 75.8 Å². The maximum atomic E-state index is 14.4. The monoisotopic (exact) mass is 464 g/mol. The van der Waals surface area contributed by atoms with Crippen molar-refractivity contribution in [3.8, 4) is 11.8 Å². The van der Waals surface area contributed by atoms with Crippen LogP contribution in [0.5, 0.6) is 0 Å². The molecule has 11 heteroatoms. The normalized spacial score (nSPS) is 17.3. The van der Waals surface area contributed by atoms with Gasteiger partial charge in [-0.2, -0.15) is 28.8 Å². The molecule has 3 aromatic heterocycles. The lowest BCUT2D eigenvalue weighted by Gasteiger charge is -2.47. The third-order valence-corrected chi connectivity index (χ3v) is 5.77. The Kier molecular flexibility index (Phi) is 5.55. The van der Waals surface area contributed by atoms with Crippen molar-refractivity contribution in [2.75, 3.05) is 17.2 Å². The van der Waals surface area contributed by atoms with Crippen LogP contribution in [0.25, 0.3) is 11.2 Å². The van der Waals surface area contributed by atoms with Gasteiger partial charge in [0.1, 0.15) is 11.6 Å². The van der Waals surface area contributed by atoms with Crippen LogP contribution in [0, 0.1) is 30.0 Å². The summed E-state index contributed by atoms with van der Waals surface area (Å²) in [5.41, 5.74) is 6.59. The van der Waals surface area contributed by atoms with Gasteiger partial charge in [-0.15, -0.1) is 0 Å². The summed E-state index contributed by atoms with van der Waals surface area (Å²) in [6.45, 7) is 4.30. The number of nitrogen functional groups attached to an aromatic ring is 1. The van der Waals surface area contributed by atoms with E-state index >= 15 is 0 Å². The number of hydrogen-bond acceptors (Lipinski definition) is 7. The smallest absolute Gasteiger partial charge is 0.285 e. The quantitative estimate of drug-likeness (QED) is 0.495.